The van der Waals surface area contributed by atoms with Gasteiger partial charge >= 0.3 is 6.18 Å². The van der Waals surface area contributed by atoms with Gasteiger partial charge in [0.05, 0.1) is 12.5 Å². The van der Waals surface area contributed by atoms with Crippen LogP contribution in [0.1, 0.15) is 48.0 Å². The van der Waals surface area contributed by atoms with Crippen molar-refractivity contribution in [3.05, 3.63) is 41.6 Å². The lowest BCUT2D eigenvalue weighted by molar-refractivity contribution is -0.137. The molecule has 1 saturated carbocycles. The molecular formula is C28H37F3N8O3. The van der Waals surface area contributed by atoms with Crippen molar-refractivity contribution in [1.82, 2.24) is 30.4 Å². The van der Waals surface area contributed by atoms with Gasteiger partial charge in [0, 0.05) is 43.6 Å². The summed E-state index contributed by atoms with van der Waals surface area (Å²) in [4.78, 5) is 49.1. The largest absolute Gasteiger partial charge is 0.421 e. The molecule has 11 nitrogen and oxygen atoms in total. The van der Waals surface area contributed by atoms with Gasteiger partial charge < -0.3 is 31.1 Å². The molecule has 4 N–H and O–H groups in total. The number of anilines is 3. The summed E-state index contributed by atoms with van der Waals surface area (Å²) in [6.07, 6.45) is -0.660. The van der Waals surface area contributed by atoms with Crippen molar-refractivity contribution in [2.75, 3.05) is 51.4 Å². The zero-order valence-corrected chi connectivity index (χ0v) is 23.9. The van der Waals surface area contributed by atoms with Crippen LogP contribution in [-0.2, 0) is 15.8 Å². The maximum absolute atomic E-state index is 13.8. The fourth-order valence-electron chi connectivity index (χ4n) is 5.35. The highest BCUT2D eigenvalue weighted by Crippen LogP contribution is 2.36. The molecule has 2 aliphatic rings. The van der Waals surface area contributed by atoms with E-state index in [-0.39, 0.29) is 30.3 Å². The number of carbonyl (C=O) groups is 3. The minimum absolute atomic E-state index is 0.0772. The summed E-state index contributed by atoms with van der Waals surface area (Å²) in [6.45, 7) is 1.65. The van der Waals surface area contributed by atoms with Crippen molar-refractivity contribution in [3.63, 3.8) is 0 Å². The molecule has 1 aromatic heterocycles. The van der Waals surface area contributed by atoms with E-state index in [1.165, 1.54) is 7.05 Å². The van der Waals surface area contributed by atoms with Crippen molar-refractivity contribution in [3.8, 4) is 0 Å². The molecule has 1 saturated heterocycles. The van der Waals surface area contributed by atoms with Crippen LogP contribution in [0, 0.1) is 5.92 Å². The highest BCUT2D eigenvalue weighted by molar-refractivity contribution is 5.94. The van der Waals surface area contributed by atoms with E-state index in [9.17, 15) is 27.6 Å². The Balaban J connectivity index is 1.45. The fraction of sp³-hybridized carbons (Fsp3) is 0.536. The maximum atomic E-state index is 13.8. The van der Waals surface area contributed by atoms with Gasteiger partial charge in [-0.3, -0.25) is 14.4 Å². The van der Waals surface area contributed by atoms with E-state index in [2.05, 4.69) is 43.2 Å². The lowest BCUT2D eigenvalue weighted by Gasteiger charge is -2.35. The number of benzene rings is 1. The van der Waals surface area contributed by atoms with Gasteiger partial charge in [-0.2, -0.15) is 18.2 Å². The van der Waals surface area contributed by atoms with Crippen LogP contribution in [-0.4, -0.2) is 90.4 Å². The molecule has 228 valence electrons. The molecule has 4 rings (SSSR count). The molecule has 1 unspecified atom stereocenters. The highest BCUT2D eigenvalue weighted by Gasteiger charge is 2.39. The minimum atomic E-state index is -4.72. The number of likely N-dealkylation sites (tertiary alicyclic amines) is 1. The van der Waals surface area contributed by atoms with Crippen LogP contribution in [0.15, 0.2) is 30.5 Å². The first kappa shape index (κ1) is 31.0. The van der Waals surface area contributed by atoms with Crippen molar-refractivity contribution < 1.29 is 27.6 Å². The zero-order chi connectivity index (χ0) is 30.4. The Morgan fingerprint density at radius 1 is 1.07 bits per heavy atom. The molecule has 14 heteroatoms. The van der Waals surface area contributed by atoms with Gasteiger partial charge in [-0.05, 0) is 70.1 Å². The Bertz CT molecular complexity index is 1270. The fourth-order valence-corrected chi connectivity index (χ4v) is 5.35. The van der Waals surface area contributed by atoms with E-state index in [0.717, 1.165) is 25.9 Å². The Morgan fingerprint density at radius 2 is 1.76 bits per heavy atom. The van der Waals surface area contributed by atoms with E-state index in [0.29, 0.717) is 36.7 Å². The van der Waals surface area contributed by atoms with E-state index < -0.39 is 35.4 Å². The van der Waals surface area contributed by atoms with Crippen molar-refractivity contribution in [2.45, 2.75) is 50.4 Å². The van der Waals surface area contributed by atoms with Gasteiger partial charge in [-0.1, -0.05) is 6.42 Å². The summed E-state index contributed by atoms with van der Waals surface area (Å²) in [7, 11) is 5.30. The van der Waals surface area contributed by atoms with E-state index in [1.807, 2.05) is 0 Å². The molecule has 2 fully saturated rings. The summed E-state index contributed by atoms with van der Waals surface area (Å²) in [6, 6.07) is 6.16. The second-order valence-electron chi connectivity index (χ2n) is 10.8. The van der Waals surface area contributed by atoms with E-state index in [4.69, 9.17) is 0 Å². The summed E-state index contributed by atoms with van der Waals surface area (Å²) in [5.41, 5.74) is -0.0616. The number of nitrogens with one attached hydrogen (secondary N) is 4. The Labute approximate surface area is 242 Å². The van der Waals surface area contributed by atoms with Gasteiger partial charge in [0.15, 0.2) is 0 Å². The van der Waals surface area contributed by atoms with Gasteiger partial charge in [0.25, 0.3) is 5.91 Å². The van der Waals surface area contributed by atoms with Gasteiger partial charge in [-0.15, -0.1) is 0 Å². The number of hydrogen-bond donors (Lipinski definition) is 4. The maximum Gasteiger partial charge on any atom is 0.421 e. The smallest absolute Gasteiger partial charge is 0.366 e. The number of likely N-dealkylation sites (N-methyl/N-ethyl adjacent to an activating group) is 1. The van der Waals surface area contributed by atoms with E-state index >= 15 is 0 Å². The molecular weight excluding hydrogens is 553 g/mol. The molecule has 0 spiro atoms. The predicted octanol–water partition coefficient (Wildman–Crippen LogP) is 2.85. The van der Waals surface area contributed by atoms with Crippen LogP contribution in [0.25, 0.3) is 0 Å². The van der Waals surface area contributed by atoms with Crippen molar-refractivity contribution in [1.29, 1.82) is 0 Å². The first-order valence-corrected chi connectivity index (χ1v) is 14.0. The Kier molecular flexibility index (Phi) is 9.86. The Morgan fingerprint density at radius 3 is 2.40 bits per heavy atom. The predicted molar refractivity (Wildman–Crippen MR) is 151 cm³/mol. The molecule has 3 amide bonds. The second kappa shape index (κ2) is 13.4. The van der Waals surface area contributed by atoms with Gasteiger partial charge in [0.1, 0.15) is 11.4 Å². The molecule has 2 atom stereocenters. The number of hydrogen-bond acceptors (Lipinski definition) is 8. The first-order chi connectivity index (χ1) is 20.0. The molecule has 2 heterocycles. The summed E-state index contributed by atoms with van der Waals surface area (Å²) in [5.74, 6) is -2.03. The second-order valence-corrected chi connectivity index (χ2v) is 10.8. The number of aromatic nitrogens is 2. The standard InChI is InChI=1S/C28H37F3N8O3/c1-32-23(40)16-33-25(41)20-5-4-6-22(20)36-24-21(28(29,30)31)15-34-27(37-24)35-18-9-7-17(8-10-18)26(42)39(3)19-11-13-38(2)14-12-19/h7-10,15,19-20,22H,4-6,11-14,16H2,1-3H3,(H,32,40)(H,33,41)(H2,34,35,36,37)/t20?,22-/m1/s1. The van der Waals surface area contributed by atoms with Crippen LogP contribution >= 0.6 is 0 Å². The number of alkyl halides is 3. The normalized spacial score (nSPS) is 19.7. The van der Waals surface area contributed by atoms with Crippen LogP contribution in [0.2, 0.25) is 0 Å². The third-order valence-electron chi connectivity index (χ3n) is 7.92. The molecule has 1 aliphatic heterocycles. The average Bonchev–Trinajstić information content (AvgIpc) is 3.43. The molecule has 1 aliphatic carbocycles. The molecule has 42 heavy (non-hydrogen) atoms. The number of carbonyl (C=O) groups excluding carboxylic acids is 3. The van der Waals surface area contributed by atoms with Crippen molar-refractivity contribution >= 4 is 35.2 Å². The summed E-state index contributed by atoms with van der Waals surface area (Å²) in [5, 5.41) is 10.7. The summed E-state index contributed by atoms with van der Waals surface area (Å²) >= 11 is 0. The van der Waals surface area contributed by atoms with Crippen LogP contribution < -0.4 is 21.3 Å². The van der Waals surface area contributed by atoms with E-state index in [1.54, 1.807) is 36.2 Å². The molecule has 0 bridgehead atoms. The van der Waals surface area contributed by atoms with Crippen LogP contribution in [0.4, 0.5) is 30.6 Å². The SMILES string of the molecule is CNC(=O)CNC(=O)C1CCC[C@H]1Nc1nc(Nc2ccc(C(=O)N(C)C3CCN(C)CC3)cc2)ncc1C(F)(F)F. The third kappa shape index (κ3) is 7.66. The lowest BCUT2D eigenvalue weighted by Crippen LogP contribution is -2.44. The lowest BCUT2D eigenvalue weighted by atomic mass is 10.0. The van der Waals surface area contributed by atoms with Gasteiger partial charge in [-0.25, -0.2) is 4.98 Å². The monoisotopic (exact) mass is 590 g/mol. The van der Waals surface area contributed by atoms with Gasteiger partial charge in [0.2, 0.25) is 17.8 Å². The molecule has 1 aromatic carbocycles. The number of rotatable bonds is 9. The molecule has 2 aromatic rings. The number of piperidine rings is 1. The average molecular weight is 591 g/mol. The molecule has 0 radical (unpaired) electrons. The third-order valence-corrected chi connectivity index (χ3v) is 7.92. The van der Waals surface area contributed by atoms with Crippen LogP contribution in [0.3, 0.4) is 0 Å². The topological polar surface area (TPSA) is 132 Å². The quantitative estimate of drug-likeness (QED) is 0.351. The number of halogens is 3. The highest BCUT2D eigenvalue weighted by atomic mass is 19.4. The number of nitrogens with zero attached hydrogens (tertiary/aromatic N) is 4. The Hall–Kier alpha value is -3.94. The first-order valence-electron chi connectivity index (χ1n) is 14.0. The zero-order valence-electron chi connectivity index (χ0n) is 23.9. The van der Waals surface area contributed by atoms with Crippen LogP contribution in [0.5, 0.6) is 0 Å². The van der Waals surface area contributed by atoms with Crippen molar-refractivity contribution in [2.24, 2.45) is 5.92 Å². The summed E-state index contributed by atoms with van der Waals surface area (Å²) < 4.78 is 41.5. The minimum Gasteiger partial charge on any atom is -0.366 e. The number of amides is 3.